The average molecular weight is 528 g/mol. The minimum atomic E-state index is -0.644. The molecule has 1 atom stereocenters. The number of benzene rings is 2. The first-order valence-electron chi connectivity index (χ1n) is 13.0. The van der Waals surface area contributed by atoms with Crippen molar-refractivity contribution in [2.24, 2.45) is 5.92 Å². The van der Waals surface area contributed by atoms with Gasteiger partial charge < -0.3 is 9.80 Å². The molecule has 0 aliphatic carbocycles. The topological polar surface area (TPSA) is 40.6 Å². The molecule has 0 N–H and O–H groups in total. The monoisotopic (exact) mass is 526 g/mol. The SMILES string of the molecule is CCCCCCN(CCCCCC)C(=O)C1Cc2ccccc2N(Cc2ccccc2Br)C1=O. The molecule has 0 saturated carbocycles. The van der Waals surface area contributed by atoms with Crippen LogP contribution in [0.4, 0.5) is 5.69 Å². The Labute approximate surface area is 213 Å². The van der Waals surface area contributed by atoms with Crippen LogP contribution in [0.25, 0.3) is 0 Å². The Kier molecular flexibility index (Phi) is 10.6. The second-order valence-corrected chi connectivity index (χ2v) is 10.2. The Morgan fingerprint density at radius 2 is 1.53 bits per heavy atom. The maximum absolute atomic E-state index is 13.8. The van der Waals surface area contributed by atoms with Gasteiger partial charge in [-0.2, -0.15) is 0 Å². The highest BCUT2D eigenvalue weighted by Crippen LogP contribution is 2.34. The van der Waals surface area contributed by atoms with Crippen molar-refractivity contribution in [1.29, 1.82) is 0 Å². The van der Waals surface area contributed by atoms with Crippen molar-refractivity contribution < 1.29 is 9.59 Å². The molecule has 1 heterocycles. The molecule has 2 aromatic carbocycles. The highest BCUT2D eigenvalue weighted by atomic mass is 79.9. The molecule has 1 aliphatic rings. The van der Waals surface area contributed by atoms with Crippen molar-refractivity contribution in [1.82, 2.24) is 4.90 Å². The molecule has 2 amide bonds. The summed E-state index contributed by atoms with van der Waals surface area (Å²) in [5, 5.41) is 0. The summed E-state index contributed by atoms with van der Waals surface area (Å²) in [6, 6.07) is 16.0. The third kappa shape index (κ3) is 6.94. The zero-order valence-electron chi connectivity index (χ0n) is 20.8. The number of para-hydroxylation sites is 1. The summed E-state index contributed by atoms with van der Waals surface area (Å²) in [4.78, 5) is 31.3. The summed E-state index contributed by atoms with van der Waals surface area (Å²) < 4.78 is 0.974. The molecule has 5 heteroatoms. The molecule has 0 fully saturated rings. The van der Waals surface area contributed by atoms with Crippen molar-refractivity contribution in [3.05, 3.63) is 64.1 Å². The first-order valence-corrected chi connectivity index (χ1v) is 13.8. The van der Waals surface area contributed by atoms with Crippen LogP contribution in [0.3, 0.4) is 0 Å². The Bertz CT molecular complexity index is 933. The highest BCUT2D eigenvalue weighted by Gasteiger charge is 2.39. The predicted molar refractivity (Wildman–Crippen MR) is 144 cm³/mol. The number of halogens is 1. The fraction of sp³-hybridized carbons (Fsp3) is 0.517. The van der Waals surface area contributed by atoms with Crippen LogP contribution in [-0.2, 0) is 22.6 Å². The minimum Gasteiger partial charge on any atom is -0.342 e. The summed E-state index contributed by atoms with van der Waals surface area (Å²) in [5.41, 5.74) is 3.03. The summed E-state index contributed by atoms with van der Waals surface area (Å²) >= 11 is 3.62. The number of nitrogens with zero attached hydrogens (tertiary/aromatic N) is 2. The molecule has 0 saturated heterocycles. The highest BCUT2D eigenvalue weighted by molar-refractivity contribution is 9.10. The standard InChI is InChI=1S/C29H39BrN2O2/c1-3-5-7-13-19-31(20-14-8-6-4-2)28(33)25-21-23-15-10-12-18-27(23)32(29(25)34)22-24-16-9-11-17-26(24)30/h9-12,15-18,25H,3-8,13-14,19-22H2,1-2H3. The van der Waals surface area contributed by atoms with Gasteiger partial charge in [-0.05, 0) is 42.5 Å². The summed E-state index contributed by atoms with van der Waals surface area (Å²) in [7, 11) is 0. The number of fused-ring (bicyclic) bond motifs is 1. The smallest absolute Gasteiger partial charge is 0.240 e. The molecule has 0 aromatic heterocycles. The van der Waals surface area contributed by atoms with Crippen LogP contribution in [0.15, 0.2) is 53.0 Å². The maximum Gasteiger partial charge on any atom is 0.240 e. The van der Waals surface area contributed by atoms with Crippen LogP contribution in [0.1, 0.15) is 76.3 Å². The molecule has 4 nitrogen and oxygen atoms in total. The fourth-order valence-corrected chi connectivity index (χ4v) is 5.14. The van der Waals surface area contributed by atoms with Gasteiger partial charge in [0.1, 0.15) is 5.92 Å². The maximum atomic E-state index is 13.8. The third-order valence-electron chi connectivity index (χ3n) is 6.73. The molecule has 1 aliphatic heterocycles. The van der Waals surface area contributed by atoms with Gasteiger partial charge >= 0.3 is 0 Å². The normalized spacial score (nSPS) is 15.3. The van der Waals surface area contributed by atoms with Gasteiger partial charge in [-0.25, -0.2) is 0 Å². The summed E-state index contributed by atoms with van der Waals surface area (Å²) in [6.07, 6.45) is 9.48. The largest absolute Gasteiger partial charge is 0.342 e. The molecule has 0 radical (unpaired) electrons. The Morgan fingerprint density at radius 1 is 0.912 bits per heavy atom. The lowest BCUT2D eigenvalue weighted by Crippen LogP contribution is -2.49. The van der Waals surface area contributed by atoms with Crippen LogP contribution < -0.4 is 4.90 Å². The van der Waals surface area contributed by atoms with Crippen molar-refractivity contribution in [2.75, 3.05) is 18.0 Å². The van der Waals surface area contributed by atoms with E-state index in [4.69, 9.17) is 0 Å². The molecule has 3 rings (SSSR count). The second-order valence-electron chi connectivity index (χ2n) is 9.35. The quantitative estimate of drug-likeness (QED) is 0.205. The van der Waals surface area contributed by atoms with Gasteiger partial charge in [0.25, 0.3) is 0 Å². The van der Waals surface area contributed by atoms with Crippen molar-refractivity contribution >= 4 is 33.4 Å². The van der Waals surface area contributed by atoms with Crippen LogP contribution in [-0.4, -0.2) is 29.8 Å². The number of anilines is 1. The van der Waals surface area contributed by atoms with Crippen LogP contribution in [0.5, 0.6) is 0 Å². The number of amides is 2. The molecule has 2 aromatic rings. The van der Waals surface area contributed by atoms with E-state index < -0.39 is 5.92 Å². The van der Waals surface area contributed by atoms with Crippen molar-refractivity contribution in [3.8, 4) is 0 Å². The number of rotatable bonds is 13. The third-order valence-corrected chi connectivity index (χ3v) is 7.50. The van der Waals surface area contributed by atoms with Crippen LogP contribution in [0.2, 0.25) is 0 Å². The number of carbonyl (C=O) groups excluding carboxylic acids is 2. The molecule has 0 spiro atoms. The minimum absolute atomic E-state index is 0.00428. The van der Waals surface area contributed by atoms with E-state index in [0.717, 1.165) is 60.1 Å². The summed E-state index contributed by atoms with van der Waals surface area (Å²) in [6.45, 7) is 6.35. The van der Waals surface area contributed by atoms with Gasteiger partial charge in [0.15, 0.2) is 0 Å². The van der Waals surface area contributed by atoms with Gasteiger partial charge in [0.05, 0.1) is 6.54 Å². The van der Waals surface area contributed by atoms with Crippen LogP contribution in [0, 0.1) is 5.92 Å². The first kappa shape index (κ1) is 26.5. The fourth-order valence-electron chi connectivity index (χ4n) is 4.73. The first-order chi connectivity index (χ1) is 16.6. The van der Waals surface area contributed by atoms with Crippen LogP contribution >= 0.6 is 15.9 Å². The van der Waals surface area contributed by atoms with Gasteiger partial charge in [-0.15, -0.1) is 0 Å². The Hall–Kier alpha value is -2.14. The van der Waals surface area contributed by atoms with E-state index in [1.54, 1.807) is 0 Å². The Morgan fingerprint density at radius 3 is 2.18 bits per heavy atom. The molecule has 1 unspecified atom stereocenters. The lowest BCUT2D eigenvalue weighted by Gasteiger charge is -2.36. The van der Waals surface area contributed by atoms with Gasteiger partial charge in [0, 0.05) is 23.2 Å². The number of unbranched alkanes of at least 4 members (excludes halogenated alkanes) is 6. The molecule has 34 heavy (non-hydrogen) atoms. The zero-order chi connectivity index (χ0) is 24.3. The van der Waals surface area contributed by atoms with Crippen molar-refractivity contribution in [3.63, 3.8) is 0 Å². The number of hydrogen-bond donors (Lipinski definition) is 0. The molecule has 0 bridgehead atoms. The van der Waals surface area contributed by atoms with E-state index in [9.17, 15) is 9.59 Å². The van der Waals surface area contributed by atoms with E-state index in [1.165, 1.54) is 25.7 Å². The van der Waals surface area contributed by atoms with E-state index in [1.807, 2.05) is 52.3 Å². The number of carbonyl (C=O) groups is 2. The van der Waals surface area contributed by atoms with Gasteiger partial charge in [-0.3, -0.25) is 9.59 Å². The van der Waals surface area contributed by atoms with E-state index in [2.05, 4.69) is 35.8 Å². The van der Waals surface area contributed by atoms with Gasteiger partial charge in [-0.1, -0.05) is 105 Å². The summed E-state index contributed by atoms with van der Waals surface area (Å²) in [5.74, 6) is -0.717. The van der Waals surface area contributed by atoms with E-state index >= 15 is 0 Å². The second kappa shape index (κ2) is 13.7. The lowest BCUT2D eigenvalue weighted by atomic mass is 9.90. The molecular weight excluding hydrogens is 488 g/mol. The van der Waals surface area contributed by atoms with E-state index in [-0.39, 0.29) is 11.8 Å². The number of hydrogen-bond acceptors (Lipinski definition) is 2. The zero-order valence-corrected chi connectivity index (χ0v) is 22.4. The predicted octanol–water partition coefficient (Wildman–Crippen LogP) is 7.14. The lowest BCUT2D eigenvalue weighted by molar-refractivity contribution is -0.141. The van der Waals surface area contributed by atoms with Gasteiger partial charge in [0.2, 0.25) is 11.8 Å². The average Bonchev–Trinajstić information content (AvgIpc) is 2.85. The van der Waals surface area contributed by atoms with E-state index in [0.29, 0.717) is 13.0 Å². The van der Waals surface area contributed by atoms with Crippen molar-refractivity contribution in [2.45, 2.75) is 78.2 Å². The molecule has 184 valence electrons. The molecular formula is C29H39BrN2O2. The Balaban J connectivity index is 1.81.